The topological polar surface area (TPSA) is 28.2 Å². The molecule has 0 aromatic carbocycles. The van der Waals surface area contributed by atoms with E-state index in [9.17, 15) is 4.39 Å². The highest BCUT2D eigenvalue weighted by molar-refractivity contribution is 5.85. The molecule has 3 heterocycles. The summed E-state index contributed by atoms with van der Waals surface area (Å²) in [6.45, 7) is 5.84. The molecule has 1 atom stereocenters. The fraction of sp³-hybridized carbons (Fsp3) is 0.667. The Bertz CT molecular complexity index is 451. The molecule has 3 rings (SSSR count). The Morgan fingerprint density at radius 3 is 2.67 bits per heavy atom. The SMILES string of the molecule is C[C@@H]1CNCCc2ccc(N3CCC(F)CC3)nc21.Cl.Cl. The molecular formula is C15H24Cl2FN3. The molecule has 2 aliphatic rings. The summed E-state index contributed by atoms with van der Waals surface area (Å²) in [4.78, 5) is 7.09. The molecular weight excluding hydrogens is 312 g/mol. The maximum atomic E-state index is 13.2. The molecule has 1 aromatic heterocycles. The quantitative estimate of drug-likeness (QED) is 0.854. The Labute approximate surface area is 138 Å². The molecule has 6 heteroatoms. The number of nitrogens with one attached hydrogen (secondary N) is 1. The van der Waals surface area contributed by atoms with Crippen LogP contribution in [0.1, 0.15) is 36.9 Å². The second-order valence-electron chi connectivity index (χ2n) is 5.73. The van der Waals surface area contributed by atoms with E-state index in [0.717, 1.165) is 38.4 Å². The van der Waals surface area contributed by atoms with E-state index < -0.39 is 6.17 Å². The first-order valence-corrected chi connectivity index (χ1v) is 7.33. The molecule has 1 saturated heterocycles. The predicted octanol–water partition coefficient (Wildman–Crippen LogP) is 3.11. The molecule has 1 aromatic rings. The standard InChI is InChI=1S/C15H22FN3.2ClH/c1-11-10-17-7-4-12-2-3-14(18-15(11)12)19-8-5-13(16)6-9-19;;/h2-3,11,13,17H,4-10H2,1H3;2*1H/t11-;;/m1../s1. The summed E-state index contributed by atoms with van der Waals surface area (Å²) in [5.74, 6) is 1.48. The van der Waals surface area contributed by atoms with Gasteiger partial charge in [0.25, 0.3) is 0 Å². The van der Waals surface area contributed by atoms with Gasteiger partial charge in [-0.05, 0) is 37.4 Å². The molecule has 0 radical (unpaired) electrons. The van der Waals surface area contributed by atoms with Gasteiger partial charge in [-0.3, -0.25) is 0 Å². The molecule has 1 N–H and O–H groups in total. The van der Waals surface area contributed by atoms with Crippen LogP contribution in [-0.4, -0.2) is 37.3 Å². The number of halogens is 3. The Balaban J connectivity index is 0.00000110. The van der Waals surface area contributed by atoms with Crippen LogP contribution in [-0.2, 0) is 6.42 Å². The van der Waals surface area contributed by atoms with E-state index >= 15 is 0 Å². The smallest absolute Gasteiger partial charge is 0.128 e. The first-order valence-electron chi connectivity index (χ1n) is 7.33. The second-order valence-corrected chi connectivity index (χ2v) is 5.73. The minimum Gasteiger partial charge on any atom is -0.356 e. The molecule has 0 spiro atoms. The van der Waals surface area contributed by atoms with Crippen molar-refractivity contribution in [2.75, 3.05) is 31.1 Å². The maximum absolute atomic E-state index is 13.2. The monoisotopic (exact) mass is 335 g/mol. The van der Waals surface area contributed by atoms with E-state index in [4.69, 9.17) is 4.98 Å². The summed E-state index contributed by atoms with van der Waals surface area (Å²) in [6.07, 6.45) is 1.70. The third-order valence-corrected chi connectivity index (χ3v) is 4.23. The van der Waals surface area contributed by atoms with Crippen LogP contribution in [0.4, 0.5) is 10.2 Å². The second kappa shape index (κ2) is 8.16. The number of nitrogens with zero attached hydrogens (tertiary/aromatic N) is 2. The largest absolute Gasteiger partial charge is 0.356 e. The van der Waals surface area contributed by atoms with Gasteiger partial charge >= 0.3 is 0 Å². The summed E-state index contributed by atoms with van der Waals surface area (Å²) < 4.78 is 13.2. The van der Waals surface area contributed by atoms with Gasteiger partial charge in [-0.15, -0.1) is 24.8 Å². The summed E-state index contributed by atoms with van der Waals surface area (Å²) in [6, 6.07) is 4.32. The van der Waals surface area contributed by atoms with Crippen molar-refractivity contribution < 1.29 is 4.39 Å². The van der Waals surface area contributed by atoms with Crippen LogP contribution < -0.4 is 10.2 Å². The zero-order chi connectivity index (χ0) is 13.2. The van der Waals surface area contributed by atoms with Crippen molar-refractivity contribution in [2.45, 2.75) is 38.3 Å². The normalized spacial score (nSPS) is 22.6. The lowest BCUT2D eigenvalue weighted by Crippen LogP contribution is -2.35. The minimum absolute atomic E-state index is 0. The van der Waals surface area contributed by atoms with E-state index in [2.05, 4.69) is 29.3 Å². The number of aromatic nitrogens is 1. The van der Waals surface area contributed by atoms with Crippen LogP contribution >= 0.6 is 24.8 Å². The van der Waals surface area contributed by atoms with Gasteiger partial charge in [0.2, 0.25) is 0 Å². The Morgan fingerprint density at radius 1 is 1.24 bits per heavy atom. The lowest BCUT2D eigenvalue weighted by Gasteiger charge is -2.30. The molecule has 2 aliphatic heterocycles. The molecule has 0 bridgehead atoms. The molecule has 120 valence electrons. The lowest BCUT2D eigenvalue weighted by atomic mass is 10.0. The van der Waals surface area contributed by atoms with E-state index in [1.54, 1.807) is 0 Å². The van der Waals surface area contributed by atoms with E-state index in [-0.39, 0.29) is 24.8 Å². The molecule has 0 aliphatic carbocycles. The van der Waals surface area contributed by atoms with Crippen molar-refractivity contribution >= 4 is 30.6 Å². The van der Waals surface area contributed by atoms with Gasteiger partial charge in [-0.25, -0.2) is 9.37 Å². The van der Waals surface area contributed by atoms with Gasteiger partial charge in [-0.1, -0.05) is 13.0 Å². The molecule has 0 saturated carbocycles. The van der Waals surface area contributed by atoms with Gasteiger partial charge in [0.05, 0.1) is 5.69 Å². The van der Waals surface area contributed by atoms with Crippen LogP contribution in [0.15, 0.2) is 12.1 Å². The molecule has 0 amide bonds. The van der Waals surface area contributed by atoms with Gasteiger partial charge < -0.3 is 10.2 Å². The third kappa shape index (κ3) is 4.21. The highest BCUT2D eigenvalue weighted by atomic mass is 35.5. The van der Waals surface area contributed by atoms with Crippen molar-refractivity contribution in [3.05, 3.63) is 23.4 Å². The predicted molar refractivity (Wildman–Crippen MR) is 90.1 cm³/mol. The number of pyridine rings is 1. The number of alkyl halides is 1. The highest BCUT2D eigenvalue weighted by Gasteiger charge is 2.22. The van der Waals surface area contributed by atoms with Crippen LogP contribution in [0.5, 0.6) is 0 Å². The first kappa shape index (κ1) is 18.5. The number of hydrogen-bond donors (Lipinski definition) is 1. The van der Waals surface area contributed by atoms with E-state index in [0.29, 0.717) is 18.8 Å². The average Bonchev–Trinajstić information content (AvgIpc) is 2.62. The minimum atomic E-state index is -0.625. The van der Waals surface area contributed by atoms with Gasteiger partial charge in [-0.2, -0.15) is 0 Å². The summed E-state index contributed by atoms with van der Waals surface area (Å²) >= 11 is 0. The molecule has 1 fully saturated rings. The van der Waals surface area contributed by atoms with Crippen molar-refractivity contribution in [3.63, 3.8) is 0 Å². The first-order chi connectivity index (χ1) is 9.24. The average molecular weight is 336 g/mol. The van der Waals surface area contributed by atoms with Crippen LogP contribution in [0, 0.1) is 0 Å². The van der Waals surface area contributed by atoms with Crippen molar-refractivity contribution in [1.82, 2.24) is 10.3 Å². The zero-order valence-corrected chi connectivity index (χ0v) is 14.0. The zero-order valence-electron chi connectivity index (χ0n) is 12.3. The van der Waals surface area contributed by atoms with Crippen molar-refractivity contribution in [3.8, 4) is 0 Å². The van der Waals surface area contributed by atoms with E-state index in [1.165, 1.54) is 11.3 Å². The van der Waals surface area contributed by atoms with Crippen LogP contribution in [0.3, 0.4) is 0 Å². The fourth-order valence-electron chi connectivity index (χ4n) is 3.02. The van der Waals surface area contributed by atoms with E-state index in [1.807, 2.05) is 0 Å². The number of fused-ring (bicyclic) bond motifs is 1. The van der Waals surface area contributed by atoms with Gasteiger partial charge in [0.1, 0.15) is 12.0 Å². The molecule has 21 heavy (non-hydrogen) atoms. The Hall–Kier alpha value is -0.580. The van der Waals surface area contributed by atoms with Gasteiger partial charge in [0, 0.05) is 25.6 Å². The van der Waals surface area contributed by atoms with Gasteiger partial charge in [0.15, 0.2) is 0 Å². The summed E-state index contributed by atoms with van der Waals surface area (Å²) in [7, 11) is 0. The van der Waals surface area contributed by atoms with Crippen molar-refractivity contribution in [2.24, 2.45) is 0 Å². The third-order valence-electron chi connectivity index (χ3n) is 4.23. The summed E-state index contributed by atoms with van der Waals surface area (Å²) in [5.41, 5.74) is 2.59. The van der Waals surface area contributed by atoms with Crippen molar-refractivity contribution in [1.29, 1.82) is 0 Å². The lowest BCUT2D eigenvalue weighted by molar-refractivity contribution is 0.276. The Kier molecular flexibility index (Phi) is 7.17. The fourth-order valence-corrected chi connectivity index (χ4v) is 3.02. The number of piperidine rings is 1. The number of rotatable bonds is 1. The molecule has 0 unspecified atom stereocenters. The Morgan fingerprint density at radius 2 is 1.95 bits per heavy atom. The highest BCUT2D eigenvalue weighted by Crippen LogP contribution is 2.26. The summed E-state index contributed by atoms with van der Waals surface area (Å²) in [5, 5.41) is 3.45. The number of hydrogen-bond acceptors (Lipinski definition) is 3. The van der Waals surface area contributed by atoms with Crippen LogP contribution in [0.2, 0.25) is 0 Å². The maximum Gasteiger partial charge on any atom is 0.128 e. The number of anilines is 1. The molecule has 3 nitrogen and oxygen atoms in total. The van der Waals surface area contributed by atoms with Crippen LogP contribution in [0.25, 0.3) is 0 Å².